The SMILES string of the molecule is CC1CCN(c2nc3ccccc3o2)C1c1cccc(F)c1. The van der Waals surface area contributed by atoms with E-state index in [1.165, 1.54) is 6.07 Å². The van der Waals surface area contributed by atoms with E-state index in [0.29, 0.717) is 11.9 Å². The van der Waals surface area contributed by atoms with Crippen LogP contribution in [-0.2, 0) is 0 Å². The molecule has 4 rings (SSSR count). The average Bonchev–Trinajstić information content (AvgIpc) is 3.10. The number of rotatable bonds is 2. The molecule has 3 nitrogen and oxygen atoms in total. The first-order chi connectivity index (χ1) is 10.7. The maximum absolute atomic E-state index is 13.6. The van der Waals surface area contributed by atoms with Crippen LogP contribution in [0.25, 0.3) is 11.1 Å². The van der Waals surface area contributed by atoms with Crippen LogP contribution in [0, 0.1) is 11.7 Å². The van der Waals surface area contributed by atoms with Gasteiger partial charge in [0.25, 0.3) is 6.01 Å². The molecule has 2 unspecified atom stereocenters. The normalized spacial score (nSPS) is 21.6. The smallest absolute Gasteiger partial charge is 0.298 e. The van der Waals surface area contributed by atoms with Gasteiger partial charge in [0.2, 0.25) is 0 Å². The number of para-hydroxylation sites is 2. The summed E-state index contributed by atoms with van der Waals surface area (Å²) >= 11 is 0. The van der Waals surface area contributed by atoms with E-state index in [1.54, 1.807) is 12.1 Å². The van der Waals surface area contributed by atoms with Crippen LogP contribution in [0.3, 0.4) is 0 Å². The highest BCUT2D eigenvalue weighted by atomic mass is 19.1. The monoisotopic (exact) mass is 296 g/mol. The Kier molecular flexibility index (Phi) is 3.10. The summed E-state index contributed by atoms with van der Waals surface area (Å²) in [7, 11) is 0. The third-order valence-corrected chi connectivity index (χ3v) is 4.42. The molecule has 2 atom stereocenters. The number of halogens is 1. The van der Waals surface area contributed by atoms with Gasteiger partial charge in [-0.2, -0.15) is 4.98 Å². The van der Waals surface area contributed by atoms with Gasteiger partial charge in [0.15, 0.2) is 5.58 Å². The minimum absolute atomic E-state index is 0.101. The summed E-state index contributed by atoms with van der Waals surface area (Å²) in [5.41, 5.74) is 2.62. The van der Waals surface area contributed by atoms with E-state index in [0.717, 1.165) is 29.6 Å². The van der Waals surface area contributed by atoms with Gasteiger partial charge in [-0.3, -0.25) is 0 Å². The summed E-state index contributed by atoms with van der Waals surface area (Å²) in [4.78, 5) is 6.75. The Morgan fingerprint density at radius 1 is 1.18 bits per heavy atom. The zero-order valence-corrected chi connectivity index (χ0v) is 12.4. The van der Waals surface area contributed by atoms with Crippen molar-refractivity contribution in [3.63, 3.8) is 0 Å². The standard InChI is InChI=1S/C18H17FN2O/c1-12-9-10-21(17(12)13-5-4-6-14(19)11-13)18-20-15-7-2-3-8-16(15)22-18/h2-8,11-12,17H,9-10H2,1H3. The number of anilines is 1. The maximum atomic E-state index is 13.6. The number of benzene rings is 2. The van der Waals surface area contributed by atoms with Crippen molar-refractivity contribution in [2.24, 2.45) is 5.92 Å². The van der Waals surface area contributed by atoms with Gasteiger partial charge in [0.1, 0.15) is 11.3 Å². The zero-order valence-electron chi connectivity index (χ0n) is 12.4. The molecule has 0 N–H and O–H groups in total. The molecule has 0 spiro atoms. The first kappa shape index (κ1) is 13.3. The Labute approximate surface area is 128 Å². The molecule has 0 amide bonds. The number of hydrogen-bond acceptors (Lipinski definition) is 3. The third kappa shape index (κ3) is 2.15. The lowest BCUT2D eigenvalue weighted by Gasteiger charge is -2.25. The average molecular weight is 296 g/mol. The molecule has 1 aromatic heterocycles. The summed E-state index contributed by atoms with van der Waals surface area (Å²) < 4.78 is 19.5. The molecule has 0 bridgehead atoms. The van der Waals surface area contributed by atoms with E-state index < -0.39 is 0 Å². The molecule has 1 aliphatic rings. The fourth-order valence-corrected chi connectivity index (χ4v) is 3.34. The predicted octanol–water partition coefficient (Wildman–Crippen LogP) is 4.55. The molecule has 1 aliphatic heterocycles. The van der Waals surface area contributed by atoms with E-state index >= 15 is 0 Å². The van der Waals surface area contributed by atoms with Crippen molar-refractivity contribution in [1.82, 2.24) is 4.98 Å². The van der Waals surface area contributed by atoms with E-state index in [1.807, 2.05) is 30.3 Å². The van der Waals surface area contributed by atoms with Gasteiger partial charge in [-0.1, -0.05) is 31.2 Å². The van der Waals surface area contributed by atoms with Gasteiger partial charge in [-0.15, -0.1) is 0 Å². The molecule has 2 heterocycles. The largest absolute Gasteiger partial charge is 0.423 e. The minimum atomic E-state index is -0.200. The highest BCUT2D eigenvalue weighted by Crippen LogP contribution is 2.40. The first-order valence-corrected chi connectivity index (χ1v) is 7.60. The van der Waals surface area contributed by atoms with Crippen LogP contribution in [-0.4, -0.2) is 11.5 Å². The Hall–Kier alpha value is -2.36. The Morgan fingerprint density at radius 3 is 2.86 bits per heavy atom. The fraction of sp³-hybridized carbons (Fsp3) is 0.278. The van der Waals surface area contributed by atoms with Crippen molar-refractivity contribution >= 4 is 17.1 Å². The van der Waals surface area contributed by atoms with Crippen LogP contribution in [0.4, 0.5) is 10.4 Å². The highest BCUT2D eigenvalue weighted by molar-refractivity contribution is 5.74. The van der Waals surface area contributed by atoms with Crippen LogP contribution in [0.5, 0.6) is 0 Å². The predicted molar refractivity (Wildman–Crippen MR) is 84.3 cm³/mol. The van der Waals surface area contributed by atoms with Gasteiger partial charge in [-0.25, -0.2) is 4.39 Å². The molecule has 3 aromatic rings. The van der Waals surface area contributed by atoms with Crippen LogP contribution >= 0.6 is 0 Å². The summed E-state index contributed by atoms with van der Waals surface area (Å²) in [5, 5.41) is 0. The number of aromatic nitrogens is 1. The molecule has 22 heavy (non-hydrogen) atoms. The lowest BCUT2D eigenvalue weighted by atomic mass is 9.95. The summed E-state index contributed by atoms with van der Waals surface area (Å²) in [5.74, 6) is 0.228. The van der Waals surface area contributed by atoms with Crippen molar-refractivity contribution in [2.45, 2.75) is 19.4 Å². The lowest BCUT2D eigenvalue weighted by molar-refractivity contribution is 0.497. The molecule has 0 radical (unpaired) electrons. The van der Waals surface area contributed by atoms with Gasteiger partial charge in [0.05, 0.1) is 6.04 Å². The van der Waals surface area contributed by atoms with Gasteiger partial charge < -0.3 is 9.32 Å². The fourth-order valence-electron chi connectivity index (χ4n) is 3.34. The number of oxazole rings is 1. The van der Waals surface area contributed by atoms with Gasteiger partial charge in [0, 0.05) is 6.54 Å². The van der Waals surface area contributed by atoms with Crippen LogP contribution in [0.15, 0.2) is 52.9 Å². The van der Waals surface area contributed by atoms with Crippen molar-refractivity contribution in [1.29, 1.82) is 0 Å². The molecule has 4 heteroatoms. The van der Waals surface area contributed by atoms with E-state index in [-0.39, 0.29) is 11.9 Å². The van der Waals surface area contributed by atoms with E-state index in [2.05, 4.69) is 16.8 Å². The molecule has 112 valence electrons. The molecular formula is C18H17FN2O. The van der Waals surface area contributed by atoms with Crippen molar-refractivity contribution in [3.05, 3.63) is 59.9 Å². The van der Waals surface area contributed by atoms with Crippen molar-refractivity contribution in [3.8, 4) is 0 Å². The molecule has 2 aromatic carbocycles. The topological polar surface area (TPSA) is 29.3 Å². The number of nitrogens with zero attached hydrogens (tertiary/aromatic N) is 2. The summed E-state index contributed by atoms with van der Waals surface area (Å²) in [6, 6.07) is 15.3. The van der Waals surface area contributed by atoms with Gasteiger partial charge >= 0.3 is 0 Å². The van der Waals surface area contributed by atoms with Crippen LogP contribution < -0.4 is 4.90 Å². The maximum Gasteiger partial charge on any atom is 0.298 e. The first-order valence-electron chi connectivity index (χ1n) is 7.60. The third-order valence-electron chi connectivity index (χ3n) is 4.42. The zero-order chi connectivity index (χ0) is 15.1. The van der Waals surface area contributed by atoms with E-state index in [9.17, 15) is 4.39 Å². The lowest BCUT2D eigenvalue weighted by Crippen LogP contribution is -2.25. The Bertz CT molecular complexity index is 780. The quantitative estimate of drug-likeness (QED) is 0.694. The summed E-state index contributed by atoms with van der Waals surface area (Å²) in [6.45, 7) is 3.06. The molecular weight excluding hydrogens is 279 g/mol. The van der Waals surface area contributed by atoms with Crippen LogP contribution in [0.2, 0.25) is 0 Å². The summed E-state index contributed by atoms with van der Waals surface area (Å²) in [6.07, 6.45) is 1.04. The molecule has 0 saturated carbocycles. The minimum Gasteiger partial charge on any atom is -0.423 e. The molecule has 1 saturated heterocycles. The van der Waals surface area contributed by atoms with E-state index in [4.69, 9.17) is 4.42 Å². The highest BCUT2D eigenvalue weighted by Gasteiger charge is 2.35. The van der Waals surface area contributed by atoms with Crippen LogP contribution in [0.1, 0.15) is 24.9 Å². The number of fused-ring (bicyclic) bond motifs is 1. The Morgan fingerprint density at radius 2 is 2.05 bits per heavy atom. The van der Waals surface area contributed by atoms with Crippen molar-refractivity contribution < 1.29 is 8.81 Å². The Balaban J connectivity index is 1.76. The molecule has 0 aliphatic carbocycles. The van der Waals surface area contributed by atoms with Crippen molar-refractivity contribution in [2.75, 3.05) is 11.4 Å². The number of hydrogen-bond donors (Lipinski definition) is 0. The van der Waals surface area contributed by atoms with Gasteiger partial charge in [-0.05, 0) is 42.2 Å². The molecule has 1 fully saturated rings. The second-order valence-corrected chi connectivity index (χ2v) is 5.92. The second kappa shape index (κ2) is 5.13. The second-order valence-electron chi connectivity index (χ2n) is 5.92.